The fraction of sp³-hybridized carbons (Fsp3) is 0.200. The maximum atomic E-state index is 12.3. The Hall–Kier alpha value is -3.68. The molecule has 0 aliphatic carbocycles. The van der Waals surface area contributed by atoms with E-state index in [0.29, 0.717) is 12.5 Å². The van der Waals surface area contributed by atoms with Crippen molar-refractivity contribution < 1.29 is 0 Å². The summed E-state index contributed by atoms with van der Waals surface area (Å²) in [6, 6.07) is 9.03. The molecule has 0 atom stereocenters. The molecule has 0 bridgehead atoms. The largest absolute Gasteiger partial charge is 0.355 e. The lowest BCUT2D eigenvalue weighted by Crippen LogP contribution is -2.50. The minimum Gasteiger partial charge on any atom is -0.355 e. The van der Waals surface area contributed by atoms with Gasteiger partial charge < -0.3 is 4.90 Å². The van der Waals surface area contributed by atoms with Crippen LogP contribution in [0.2, 0.25) is 0 Å². The van der Waals surface area contributed by atoms with Crippen molar-refractivity contribution in [1.82, 2.24) is 29.7 Å². The van der Waals surface area contributed by atoms with Crippen LogP contribution in [-0.2, 0) is 6.54 Å². The van der Waals surface area contributed by atoms with E-state index in [4.69, 9.17) is 0 Å². The third-order valence-corrected chi connectivity index (χ3v) is 4.95. The van der Waals surface area contributed by atoms with Crippen LogP contribution < -0.4 is 10.5 Å². The molecule has 0 radical (unpaired) electrons. The number of rotatable bonds is 4. The summed E-state index contributed by atoms with van der Waals surface area (Å²) in [7, 11) is 0. The monoisotopic (exact) mass is 371 g/mol. The Morgan fingerprint density at radius 2 is 1.79 bits per heavy atom. The van der Waals surface area contributed by atoms with Crippen LogP contribution >= 0.6 is 0 Å². The molecule has 1 aliphatic rings. The van der Waals surface area contributed by atoms with E-state index in [1.54, 1.807) is 47.9 Å². The molecule has 138 valence electrons. The predicted molar refractivity (Wildman–Crippen MR) is 105 cm³/mol. The van der Waals surface area contributed by atoms with Gasteiger partial charge in [0.15, 0.2) is 0 Å². The van der Waals surface area contributed by atoms with Gasteiger partial charge in [0, 0.05) is 54.6 Å². The summed E-state index contributed by atoms with van der Waals surface area (Å²) in [6.07, 6.45) is 8.50. The van der Waals surface area contributed by atoms with E-state index in [-0.39, 0.29) is 5.56 Å². The molecule has 4 aromatic heterocycles. The first-order valence-corrected chi connectivity index (χ1v) is 9.06. The van der Waals surface area contributed by atoms with Crippen LogP contribution in [0.15, 0.2) is 66.2 Å². The van der Waals surface area contributed by atoms with Crippen molar-refractivity contribution in [2.75, 3.05) is 18.0 Å². The lowest BCUT2D eigenvalue weighted by Gasteiger charge is -2.40. The Morgan fingerprint density at radius 3 is 2.64 bits per heavy atom. The van der Waals surface area contributed by atoms with Crippen molar-refractivity contribution in [1.29, 1.82) is 0 Å². The van der Waals surface area contributed by atoms with Crippen molar-refractivity contribution in [3.63, 3.8) is 0 Å². The van der Waals surface area contributed by atoms with Gasteiger partial charge in [-0.1, -0.05) is 0 Å². The van der Waals surface area contributed by atoms with Gasteiger partial charge >= 0.3 is 0 Å². The maximum absolute atomic E-state index is 12.3. The van der Waals surface area contributed by atoms with Crippen LogP contribution in [0.3, 0.4) is 0 Å². The van der Waals surface area contributed by atoms with Gasteiger partial charge in [0.25, 0.3) is 5.56 Å². The van der Waals surface area contributed by atoms with Gasteiger partial charge in [0.05, 0.1) is 24.0 Å². The summed E-state index contributed by atoms with van der Waals surface area (Å²) in [5, 5.41) is 5.53. The first kappa shape index (κ1) is 16.5. The Balaban J connectivity index is 1.33. The van der Waals surface area contributed by atoms with E-state index in [1.165, 1.54) is 0 Å². The minimum absolute atomic E-state index is 0.0881. The molecule has 0 saturated carbocycles. The smallest absolute Gasteiger partial charge is 0.266 e. The number of fused-ring (bicyclic) bond motifs is 1. The number of hydrogen-bond donors (Lipinski definition) is 0. The maximum Gasteiger partial charge on any atom is 0.266 e. The van der Waals surface area contributed by atoms with Crippen molar-refractivity contribution in [2.24, 2.45) is 5.92 Å². The molecule has 0 spiro atoms. The van der Waals surface area contributed by atoms with Gasteiger partial charge in [-0.25, -0.2) is 14.6 Å². The summed E-state index contributed by atoms with van der Waals surface area (Å²) in [6.45, 7) is 2.23. The zero-order chi connectivity index (χ0) is 18.9. The summed E-state index contributed by atoms with van der Waals surface area (Å²) >= 11 is 0. The van der Waals surface area contributed by atoms with Crippen molar-refractivity contribution in [3.8, 4) is 11.3 Å². The SMILES string of the molecule is O=c1ccc(-c2ccncc2)nn1CC1CN(c2ncnc3cnccc23)C1. The molecule has 1 aliphatic heterocycles. The fourth-order valence-electron chi connectivity index (χ4n) is 3.50. The fourth-order valence-corrected chi connectivity index (χ4v) is 3.50. The second kappa shape index (κ2) is 6.80. The normalized spacial score (nSPS) is 14.2. The highest BCUT2D eigenvalue weighted by molar-refractivity contribution is 5.88. The Bertz CT molecular complexity index is 1180. The van der Waals surface area contributed by atoms with E-state index in [1.807, 2.05) is 18.2 Å². The third kappa shape index (κ3) is 2.98. The highest BCUT2D eigenvalue weighted by atomic mass is 16.1. The lowest BCUT2D eigenvalue weighted by atomic mass is 9.99. The second-order valence-corrected chi connectivity index (χ2v) is 6.84. The minimum atomic E-state index is -0.0881. The van der Waals surface area contributed by atoms with Gasteiger partial charge in [-0.15, -0.1) is 0 Å². The quantitative estimate of drug-likeness (QED) is 0.540. The number of anilines is 1. The highest BCUT2D eigenvalue weighted by Crippen LogP contribution is 2.28. The second-order valence-electron chi connectivity index (χ2n) is 6.84. The molecule has 0 amide bonds. The highest BCUT2D eigenvalue weighted by Gasteiger charge is 2.29. The molecule has 8 heteroatoms. The number of aromatic nitrogens is 6. The van der Waals surface area contributed by atoms with Gasteiger partial charge in [-0.05, 0) is 24.3 Å². The molecule has 1 saturated heterocycles. The Kier molecular flexibility index (Phi) is 4.01. The van der Waals surface area contributed by atoms with Gasteiger partial charge in [0.2, 0.25) is 0 Å². The van der Waals surface area contributed by atoms with E-state index in [9.17, 15) is 4.79 Å². The molecule has 5 heterocycles. The predicted octanol–water partition coefficient (Wildman–Crippen LogP) is 1.78. The third-order valence-electron chi connectivity index (χ3n) is 4.95. The average molecular weight is 371 g/mol. The lowest BCUT2D eigenvalue weighted by molar-refractivity contribution is 0.334. The average Bonchev–Trinajstić information content (AvgIpc) is 2.72. The molecule has 8 nitrogen and oxygen atoms in total. The summed E-state index contributed by atoms with van der Waals surface area (Å²) in [5.41, 5.74) is 2.46. The van der Waals surface area contributed by atoms with E-state index >= 15 is 0 Å². The van der Waals surface area contributed by atoms with Gasteiger partial charge in [-0.2, -0.15) is 5.10 Å². The zero-order valence-corrected chi connectivity index (χ0v) is 15.0. The summed E-state index contributed by atoms with van der Waals surface area (Å²) < 4.78 is 1.56. The molecule has 4 aromatic rings. The van der Waals surface area contributed by atoms with Crippen LogP contribution in [0, 0.1) is 5.92 Å². The molecule has 0 unspecified atom stereocenters. The van der Waals surface area contributed by atoms with Crippen molar-refractivity contribution in [3.05, 3.63) is 71.8 Å². The zero-order valence-electron chi connectivity index (χ0n) is 15.0. The standard InChI is InChI=1S/C20H17N7O/c28-19-2-1-17(15-3-6-21-7-4-15)25-27(19)12-14-10-26(11-14)20-16-5-8-22-9-18(16)23-13-24-20/h1-9,13-14H,10-12H2. The Morgan fingerprint density at radius 1 is 0.964 bits per heavy atom. The molecule has 0 aromatic carbocycles. The molecule has 5 rings (SSSR count). The number of nitrogens with zero attached hydrogens (tertiary/aromatic N) is 7. The topological polar surface area (TPSA) is 89.7 Å². The van der Waals surface area contributed by atoms with Crippen LogP contribution in [0.5, 0.6) is 0 Å². The first-order valence-electron chi connectivity index (χ1n) is 9.06. The number of hydrogen-bond acceptors (Lipinski definition) is 7. The van der Waals surface area contributed by atoms with Crippen molar-refractivity contribution in [2.45, 2.75) is 6.54 Å². The first-order chi connectivity index (χ1) is 13.8. The molecular weight excluding hydrogens is 354 g/mol. The van der Waals surface area contributed by atoms with Crippen LogP contribution in [0.25, 0.3) is 22.2 Å². The van der Waals surface area contributed by atoms with Gasteiger partial charge in [0.1, 0.15) is 12.1 Å². The van der Waals surface area contributed by atoms with Gasteiger partial charge in [-0.3, -0.25) is 14.8 Å². The molecule has 0 N–H and O–H groups in total. The Labute approximate surface area is 160 Å². The van der Waals surface area contributed by atoms with E-state index < -0.39 is 0 Å². The van der Waals surface area contributed by atoms with E-state index in [0.717, 1.165) is 41.1 Å². The van der Waals surface area contributed by atoms with Crippen LogP contribution in [0.4, 0.5) is 5.82 Å². The van der Waals surface area contributed by atoms with Crippen LogP contribution in [-0.4, -0.2) is 42.8 Å². The van der Waals surface area contributed by atoms with E-state index in [2.05, 4.69) is 29.9 Å². The van der Waals surface area contributed by atoms with Crippen molar-refractivity contribution >= 4 is 16.7 Å². The van der Waals surface area contributed by atoms with Crippen LogP contribution in [0.1, 0.15) is 0 Å². The molecule has 1 fully saturated rings. The summed E-state index contributed by atoms with van der Waals surface area (Å²) in [5.74, 6) is 1.25. The summed E-state index contributed by atoms with van der Waals surface area (Å²) in [4.78, 5) is 31.3. The number of pyridine rings is 2. The molecular formula is C20H17N7O. The molecule has 28 heavy (non-hydrogen) atoms.